The van der Waals surface area contributed by atoms with Gasteiger partial charge in [-0.05, 0) is 17.0 Å². The maximum absolute atomic E-state index is 13.0. The van der Waals surface area contributed by atoms with E-state index in [1.165, 1.54) is 18.4 Å². The van der Waals surface area contributed by atoms with Crippen LogP contribution in [0.5, 0.6) is 0 Å². The number of halogens is 3. The third-order valence-corrected chi connectivity index (χ3v) is 4.15. The summed E-state index contributed by atoms with van der Waals surface area (Å²) in [6, 6.07) is 11.1. The van der Waals surface area contributed by atoms with Gasteiger partial charge in [0.05, 0.1) is 5.56 Å². The van der Waals surface area contributed by atoms with Gasteiger partial charge in [0.1, 0.15) is 5.00 Å². The molecule has 0 atom stereocenters. The molecule has 0 aliphatic heterocycles. The normalized spacial score (nSPS) is 11.5. The molecule has 0 saturated carbocycles. The zero-order valence-corrected chi connectivity index (χ0v) is 13.3. The standard InChI is InChI=1S/C16H12F3N3OS/c1-22-9-12(13(21-22)16(17,18)19)14(23)20-15-11(7-8-24-15)10-5-3-2-4-6-10/h2-9H,1H3,(H,20,23). The summed E-state index contributed by atoms with van der Waals surface area (Å²) in [7, 11) is 1.34. The molecule has 0 unspecified atom stereocenters. The fourth-order valence-corrected chi connectivity index (χ4v) is 3.09. The Kier molecular flexibility index (Phi) is 4.15. The van der Waals surface area contributed by atoms with Crippen LogP contribution in [0.1, 0.15) is 16.1 Å². The van der Waals surface area contributed by atoms with Gasteiger partial charge in [-0.25, -0.2) is 0 Å². The number of benzene rings is 1. The van der Waals surface area contributed by atoms with Crippen LogP contribution < -0.4 is 5.32 Å². The molecular formula is C16H12F3N3OS. The number of carbonyl (C=O) groups excluding carboxylic acids is 1. The van der Waals surface area contributed by atoms with Gasteiger partial charge in [-0.3, -0.25) is 9.48 Å². The smallest absolute Gasteiger partial charge is 0.313 e. The second-order valence-electron chi connectivity index (χ2n) is 5.05. The molecule has 8 heteroatoms. The van der Waals surface area contributed by atoms with E-state index in [-0.39, 0.29) is 0 Å². The molecular weight excluding hydrogens is 339 g/mol. The highest BCUT2D eigenvalue weighted by molar-refractivity contribution is 7.15. The summed E-state index contributed by atoms with van der Waals surface area (Å²) < 4.78 is 40.0. The van der Waals surface area contributed by atoms with E-state index in [4.69, 9.17) is 0 Å². The van der Waals surface area contributed by atoms with Gasteiger partial charge in [0.25, 0.3) is 5.91 Å². The number of carbonyl (C=O) groups is 1. The van der Waals surface area contributed by atoms with Crippen molar-refractivity contribution < 1.29 is 18.0 Å². The lowest BCUT2D eigenvalue weighted by Crippen LogP contribution is -2.17. The molecule has 24 heavy (non-hydrogen) atoms. The fourth-order valence-electron chi connectivity index (χ4n) is 2.29. The van der Waals surface area contributed by atoms with E-state index in [9.17, 15) is 18.0 Å². The van der Waals surface area contributed by atoms with E-state index in [1.807, 2.05) is 36.4 Å². The Hall–Kier alpha value is -2.61. The van der Waals surface area contributed by atoms with Gasteiger partial charge in [0, 0.05) is 18.8 Å². The number of hydrogen-bond donors (Lipinski definition) is 1. The van der Waals surface area contributed by atoms with Crippen LogP contribution in [-0.2, 0) is 13.2 Å². The quantitative estimate of drug-likeness (QED) is 0.759. The fraction of sp³-hybridized carbons (Fsp3) is 0.125. The molecule has 3 aromatic rings. The topological polar surface area (TPSA) is 46.9 Å². The number of anilines is 1. The zero-order chi connectivity index (χ0) is 17.3. The van der Waals surface area contributed by atoms with Crippen LogP contribution in [0.3, 0.4) is 0 Å². The Balaban J connectivity index is 1.92. The van der Waals surface area contributed by atoms with Gasteiger partial charge in [-0.15, -0.1) is 11.3 Å². The molecule has 2 aromatic heterocycles. The molecule has 4 nitrogen and oxygen atoms in total. The third-order valence-electron chi connectivity index (χ3n) is 3.32. The maximum Gasteiger partial charge on any atom is 0.435 e. The number of hydrogen-bond acceptors (Lipinski definition) is 3. The number of amides is 1. The van der Waals surface area contributed by atoms with E-state index in [2.05, 4.69) is 10.4 Å². The van der Waals surface area contributed by atoms with Crippen LogP contribution >= 0.6 is 11.3 Å². The third kappa shape index (κ3) is 3.18. The molecule has 1 N–H and O–H groups in total. The Morgan fingerprint density at radius 3 is 2.58 bits per heavy atom. The van der Waals surface area contributed by atoms with Crippen molar-refractivity contribution >= 4 is 22.2 Å². The van der Waals surface area contributed by atoms with Gasteiger partial charge in [0.2, 0.25) is 0 Å². The molecule has 2 heterocycles. The lowest BCUT2D eigenvalue weighted by atomic mass is 10.1. The molecule has 0 aliphatic carbocycles. The second-order valence-corrected chi connectivity index (χ2v) is 5.96. The largest absolute Gasteiger partial charge is 0.435 e. The lowest BCUT2D eigenvalue weighted by Gasteiger charge is -2.08. The number of aryl methyl sites for hydroxylation is 1. The predicted molar refractivity (Wildman–Crippen MR) is 85.9 cm³/mol. The van der Waals surface area contributed by atoms with Gasteiger partial charge in [-0.1, -0.05) is 30.3 Å². The molecule has 1 aromatic carbocycles. The average Bonchev–Trinajstić information content (AvgIpc) is 3.14. The molecule has 0 aliphatic rings. The predicted octanol–water partition coefficient (Wildman–Crippen LogP) is 4.42. The van der Waals surface area contributed by atoms with Crippen molar-refractivity contribution in [3.8, 4) is 11.1 Å². The SMILES string of the molecule is Cn1cc(C(=O)Nc2sccc2-c2ccccc2)c(C(F)(F)F)n1. The second kappa shape index (κ2) is 6.12. The van der Waals surface area contributed by atoms with E-state index in [1.54, 1.807) is 5.38 Å². The van der Waals surface area contributed by atoms with Gasteiger partial charge in [-0.2, -0.15) is 18.3 Å². The van der Waals surface area contributed by atoms with Crippen molar-refractivity contribution in [3.05, 3.63) is 59.2 Å². The van der Waals surface area contributed by atoms with E-state index in [0.717, 1.165) is 22.0 Å². The minimum absolute atomic E-state index is 0.489. The summed E-state index contributed by atoms with van der Waals surface area (Å²) in [5.41, 5.74) is -0.0691. The van der Waals surface area contributed by atoms with Crippen LogP contribution in [0.4, 0.5) is 18.2 Å². The van der Waals surface area contributed by atoms with Crippen LogP contribution in [0.15, 0.2) is 48.0 Å². The summed E-state index contributed by atoms with van der Waals surface area (Å²) in [6.45, 7) is 0. The minimum atomic E-state index is -4.69. The maximum atomic E-state index is 13.0. The Bertz CT molecular complexity index is 868. The van der Waals surface area contributed by atoms with Gasteiger partial charge >= 0.3 is 6.18 Å². The summed E-state index contributed by atoms with van der Waals surface area (Å²) in [6.07, 6.45) is -3.63. The Morgan fingerprint density at radius 1 is 1.21 bits per heavy atom. The molecule has 0 spiro atoms. The highest BCUT2D eigenvalue weighted by Gasteiger charge is 2.39. The average molecular weight is 351 g/mol. The van der Waals surface area contributed by atoms with E-state index in [0.29, 0.717) is 5.00 Å². The first kappa shape index (κ1) is 16.3. The van der Waals surface area contributed by atoms with Crippen molar-refractivity contribution in [2.45, 2.75) is 6.18 Å². The Labute approximate surface area is 139 Å². The molecule has 0 bridgehead atoms. The highest BCUT2D eigenvalue weighted by Crippen LogP contribution is 2.35. The van der Waals surface area contributed by atoms with E-state index < -0.39 is 23.3 Å². The first-order chi connectivity index (χ1) is 11.4. The van der Waals surface area contributed by atoms with Crippen molar-refractivity contribution in [3.63, 3.8) is 0 Å². The number of rotatable bonds is 3. The molecule has 3 rings (SSSR count). The van der Waals surface area contributed by atoms with Crippen LogP contribution in [0, 0.1) is 0 Å². The summed E-state index contributed by atoms with van der Waals surface area (Å²) in [5.74, 6) is -0.838. The summed E-state index contributed by atoms with van der Waals surface area (Å²) in [4.78, 5) is 12.3. The minimum Gasteiger partial charge on any atom is -0.313 e. The van der Waals surface area contributed by atoms with Crippen molar-refractivity contribution in [1.82, 2.24) is 9.78 Å². The summed E-state index contributed by atoms with van der Waals surface area (Å²) >= 11 is 1.25. The number of thiophene rings is 1. The molecule has 1 amide bonds. The van der Waals surface area contributed by atoms with Crippen LogP contribution in [-0.4, -0.2) is 15.7 Å². The van der Waals surface area contributed by atoms with Crippen LogP contribution in [0.2, 0.25) is 0 Å². The van der Waals surface area contributed by atoms with Gasteiger partial charge in [0.15, 0.2) is 5.69 Å². The molecule has 0 saturated heterocycles. The molecule has 124 valence electrons. The highest BCUT2D eigenvalue weighted by atomic mass is 32.1. The Morgan fingerprint density at radius 2 is 1.92 bits per heavy atom. The number of nitrogens with zero attached hydrogens (tertiary/aromatic N) is 2. The molecule has 0 fully saturated rings. The van der Waals surface area contributed by atoms with Crippen molar-refractivity contribution in [1.29, 1.82) is 0 Å². The van der Waals surface area contributed by atoms with Gasteiger partial charge < -0.3 is 5.32 Å². The van der Waals surface area contributed by atoms with Crippen LogP contribution in [0.25, 0.3) is 11.1 Å². The first-order valence-electron chi connectivity index (χ1n) is 6.91. The monoisotopic (exact) mass is 351 g/mol. The number of alkyl halides is 3. The first-order valence-corrected chi connectivity index (χ1v) is 7.79. The number of aromatic nitrogens is 2. The van der Waals surface area contributed by atoms with Crippen molar-refractivity contribution in [2.75, 3.05) is 5.32 Å². The van der Waals surface area contributed by atoms with E-state index >= 15 is 0 Å². The number of nitrogens with one attached hydrogen (secondary N) is 1. The zero-order valence-electron chi connectivity index (χ0n) is 12.5. The lowest BCUT2D eigenvalue weighted by molar-refractivity contribution is -0.141. The van der Waals surface area contributed by atoms with Crippen molar-refractivity contribution in [2.24, 2.45) is 7.05 Å². The summed E-state index contributed by atoms with van der Waals surface area (Å²) in [5, 5.41) is 8.16. The molecule has 0 radical (unpaired) electrons.